The molecule has 0 fully saturated rings. The number of aromatic nitrogens is 4. The van der Waals surface area contributed by atoms with Crippen LogP contribution in [-0.4, -0.2) is 37.1 Å². The maximum Gasteiger partial charge on any atom is 0.660 e. The first-order valence-corrected chi connectivity index (χ1v) is 37.0. The van der Waals surface area contributed by atoms with Gasteiger partial charge in [-0.2, -0.15) is 5.26 Å². The third-order valence-corrected chi connectivity index (χ3v) is 20.5. The van der Waals surface area contributed by atoms with Crippen molar-refractivity contribution in [2.24, 2.45) is 57.2 Å². The van der Waals surface area contributed by atoms with E-state index in [1.54, 1.807) is 0 Å². The van der Waals surface area contributed by atoms with E-state index in [-0.39, 0.29) is 39.2 Å². The average molecular weight is 1380 g/mol. The fraction of sp³-hybridized carbons (Fsp3) is 0.442. The lowest BCUT2D eigenvalue weighted by atomic mass is 9.65. The molecule has 1 N–H and O–H groups in total. The molecule has 100 heavy (non-hydrogen) atoms. The van der Waals surface area contributed by atoms with Crippen molar-refractivity contribution < 1.29 is 27.3 Å². The molecule has 0 aliphatic carbocycles. The van der Waals surface area contributed by atoms with Crippen LogP contribution in [0.1, 0.15) is 185 Å². The molecule has 0 spiro atoms. The number of oxazole rings is 2. The summed E-state index contributed by atoms with van der Waals surface area (Å²) >= 11 is 15.1. The summed E-state index contributed by atoms with van der Waals surface area (Å²) in [6.45, 7) is 51.6. The van der Waals surface area contributed by atoms with Crippen molar-refractivity contribution in [3.8, 4) is 40.1 Å². The molecule has 0 saturated heterocycles. The lowest BCUT2D eigenvalue weighted by molar-refractivity contribution is -0.519. The van der Waals surface area contributed by atoms with Gasteiger partial charge in [-0.3, -0.25) is 0 Å². The molecule has 10 aromatic rings. The lowest BCUT2D eigenvalue weighted by Gasteiger charge is -2.31. The van der Waals surface area contributed by atoms with Gasteiger partial charge in [0.1, 0.15) is 17.6 Å². The highest BCUT2D eigenvalue weighted by molar-refractivity contribution is 6.65. The summed E-state index contributed by atoms with van der Waals surface area (Å²) in [5.41, 5.74) is 10.6. The van der Waals surface area contributed by atoms with Gasteiger partial charge < -0.3 is 27.8 Å². The third kappa shape index (κ3) is 16.8. The van der Waals surface area contributed by atoms with Gasteiger partial charge in [-0.15, -0.1) is 0 Å². The number of aryl methyl sites for hydroxylation is 2. The maximum atomic E-state index is 12.2. The molecule has 0 saturated carbocycles. The SMILES string of the molecule is [C-]#[N+]/C(c1oc2ccc(C)cc2[n+]1[B]c1ccccc1)=c1/[nH]c(-c2cc(Cl)cc(OCC(CCC(C)CC(C)(C)C)C(C)CC(C)(C)C)c2)c2c3n(c(-c4cc(Cl)cc(OCC(CCC(C)CC(C)(C)C)C(C)CC(C)(C)C)c4)c12)B(c1ccccc1)[n+]1c(oc2ccc(C)cc21)C=3C#N. The Hall–Kier alpha value is -7.89. The summed E-state index contributed by atoms with van der Waals surface area (Å²) < 4.78 is 34.9. The first-order valence-electron chi connectivity index (χ1n) is 36.3. The average Bonchev–Trinajstić information content (AvgIpc) is 1.52. The van der Waals surface area contributed by atoms with Crippen LogP contribution in [0.25, 0.3) is 71.6 Å². The summed E-state index contributed by atoms with van der Waals surface area (Å²) in [4.78, 5) is 8.55. The number of nitrogens with zero attached hydrogens (tertiary/aromatic N) is 5. The van der Waals surface area contributed by atoms with E-state index in [1.165, 1.54) is 0 Å². The zero-order chi connectivity index (χ0) is 71.9. The Bertz CT molecular complexity index is 4830. The van der Waals surface area contributed by atoms with E-state index >= 15 is 0 Å². The van der Waals surface area contributed by atoms with Gasteiger partial charge in [-0.05, 0) is 175 Å². The molecule has 1 aliphatic rings. The summed E-state index contributed by atoms with van der Waals surface area (Å²) in [7, 11) is 2.02. The van der Waals surface area contributed by atoms with Crippen LogP contribution in [0.15, 0.2) is 142 Å². The topological polar surface area (TPSA) is 101 Å². The van der Waals surface area contributed by atoms with Gasteiger partial charge in [-0.25, -0.2) is 13.8 Å². The molecule has 5 heterocycles. The van der Waals surface area contributed by atoms with Gasteiger partial charge in [0.15, 0.2) is 5.57 Å². The van der Waals surface area contributed by atoms with Crippen molar-refractivity contribution >= 4 is 92.8 Å². The van der Waals surface area contributed by atoms with Crippen LogP contribution in [0, 0.1) is 88.9 Å². The van der Waals surface area contributed by atoms with Crippen molar-refractivity contribution in [3.63, 3.8) is 0 Å². The van der Waals surface area contributed by atoms with Gasteiger partial charge in [0.2, 0.25) is 22.2 Å². The van der Waals surface area contributed by atoms with Crippen LogP contribution in [-0.2, 0) is 0 Å². The highest BCUT2D eigenvalue weighted by Crippen LogP contribution is 2.42. The molecule has 1 aliphatic heterocycles. The number of hydrogen-bond donors (Lipinski definition) is 1. The van der Waals surface area contributed by atoms with E-state index in [9.17, 15) is 11.8 Å². The largest absolute Gasteiger partial charge is 0.660 e. The van der Waals surface area contributed by atoms with Crippen LogP contribution in [0.3, 0.4) is 0 Å². The molecule has 1 radical (unpaired) electrons. The number of H-pyrrole nitrogens is 1. The van der Waals surface area contributed by atoms with Crippen molar-refractivity contribution in [1.82, 2.24) is 9.46 Å². The molecule has 519 valence electrons. The first kappa shape index (κ1) is 73.3. The number of aromatic amines is 1. The van der Waals surface area contributed by atoms with Crippen LogP contribution in [0.2, 0.25) is 10.0 Å². The molecule has 11 rings (SSSR count). The Morgan fingerprint density at radius 1 is 0.620 bits per heavy atom. The Balaban J connectivity index is 1.23. The molecule has 6 unspecified atom stereocenters. The Morgan fingerprint density at radius 2 is 1.12 bits per heavy atom. The number of benzene rings is 6. The van der Waals surface area contributed by atoms with E-state index < -0.39 is 6.98 Å². The number of halogens is 2. The second-order valence-corrected chi connectivity index (χ2v) is 35.2. The lowest BCUT2D eigenvalue weighted by Crippen LogP contribution is -2.69. The summed E-state index contributed by atoms with van der Waals surface area (Å²) in [6, 6.07) is 47.4. The van der Waals surface area contributed by atoms with E-state index in [4.69, 9.17) is 41.5 Å². The molecule has 4 aromatic heterocycles. The highest BCUT2D eigenvalue weighted by atomic mass is 35.5. The predicted octanol–water partition coefficient (Wildman–Crippen LogP) is 19.8. The van der Waals surface area contributed by atoms with E-state index in [2.05, 4.69) is 198 Å². The molecule has 0 bridgehead atoms. The summed E-state index contributed by atoms with van der Waals surface area (Å²) in [6.07, 6.45) is 8.63. The standard InChI is InChI=1S/C86H102B2Cl2N6O4/c1-53-32-36-72-70(38-53)94(87-63-26-22-20-23-27-63)82(100-72)78(92-19)77-75-74(76(93-77)61-40-65(89)44-67(42-61)97-51-59(57(5)48-85(13,14)15)34-30-55(3)46-83(7,8)9)80-69(50-91)81-95(71-39-54(2)33-37-73(71)99-81)88(64-28-24-21-25-29-64)96(80)79(75)62-41-66(90)45-68(43-62)98-52-60(58(6)49-86(16,17)18)35-31-56(4)47-84(10,11)12/h20-29,32-33,36-45,55-60H,30-31,34-35,46-49,51-52H2,1-18H3/q+1/p+1. The quantitative estimate of drug-likeness (QED) is 0.0480. The minimum absolute atomic E-state index is 0.120. The van der Waals surface area contributed by atoms with Gasteiger partial charge in [0.25, 0.3) is 0 Å². The van der Waals surface area contributed by atoms with E-state index in [0.29, 0.717) is 131 Å². The normalized spacial score (nSPS) is 15.1. The second kappa shape index (κ2) is 29.6. The molecule has 6 atom stereocenters. The Morgan fingerprint density at radius 3 is 1.64 bits per heavy atom. The van der Waals surface area contributed by atoms with E-state index in [0.717, 1.165) is 84.5 Å². The monoisotopic (exact) mass is 1380 g/mol. The van der Waals surface area contributed by atoms with Gasteiger partial charge in [0.05, 0.1) is 41.9 Å². The molecule has 6 aromatic carbocycles. The zero-order valence-electron chi connectivity index (χ0n) is 62.5. The van der Waals surface area contributed by atoms with Crippen molar-refractivity contribution in [1.29, 1.82) is 5.26 Å². The fourth-order valence-corrected chi connectivity index (χ4v) is 16.7. The Kier molecular flexibility index (Phi) is 21.7. The number of ether oxygens (including phenoxy) is 2. The van der Waals surface area contributed by atoms with Crippen LogP contribution in [0.4, 0.5) is 0 Å². The highest BCUT2D eigenvalue weighted by Gasteiger charge is 2.50. The fourth-order valence-electron chi connectivity index (χ4n) is 16.3. The molecule has 14 heteroatoms. The minimum Gasteiger partial charge on any atom is -0.493 e. The number of fused-ring (bicyclic) bond motifs is 7. The first-order chi connectivity index (χ1) is 47.2. The smallest absolute Gasteiger partial charge is 0.493 e. The number of nitriles is 1. The van der Waals surface area contributed by atoms with Gasteiger partial charge in [0, 0.05) is 49.5 Å². The molecular formula is C86H103B2Cl2N6O4+2. The molecule has 0 amide bonds. The van der Waals surface area contributed by atoms with Crippen LogP contribution < -0.4 is 40.1 Å². The summed E-state index contributed by atoms with van der Waals surface area (Å²) in [5, 5.41) is 15.5. The minimum atomic E-state index is -0.672. The van der Waals surface area contributed by atoms with Gasteiger partial charge >= 0.3 is 31.9 Å². The Labute approximate surface area is 606 Å². The van der Waals surface area contributed by atoms with Crippen LogP contribution in [0.5, 0.6) is 11.5 Å². The van der Waals surface area contributed by atoms with Crippen LogP contribution >= 0.6 is 23.2 Å². The maximum absolute atomic E-state index is 12.2. The number of rotatable bonds is 24. The number of nitrogens with one attached hydrogen (secondary N) is 1. The van der Waals surface area contributed by atoms with Gasteiger partial charge in [-0.1, -0.05) is 220 Å². The zero-order valence-corrected chi connectivity index (χ0v) is 64.0. The second-order valence-electron chi connectivity index (χ2n) is 34.3. The van der Waals surface area contributed by atoms with Crippen molar-refractivity contribution in [2.75, 3.05) is 13.2 Å². The molecule has 10 nitrogen and oxygen atoms in total. The third-order valence-electron chi connectivity index (χ3n) is 20.0. The predicted molar refractivity (Wildman–Crippen MR) is 415 cm³/mol. The van der Waals surface area contributed by atoms with E-state index in [1.807, 2.05) is 96.8 Å². The van der Waals surface area contributed by atoms with Crippen molar-refractivity contribution in [3.05, 3.63) is 189 Å². The van der Waals surface area contributed by atoms with Crippen molar-refractivity contribution in [2.45, 2.75) is 176 Å². The summed E-state index contributed by atoms with van der Waals surface area (Å²) in [5.74, 6) is 4.31. The number of hydrogen-bond acceptors (Lipinski definition) is 5. The molecular weight excluding hydrogens is 1270 g/mol.